The second-order valence-electron chi connectivity index (χ2n) is 3.47. The highest BCUT2D eigenvalue weighted by Crippen LogP contribution is 1.97. The van der Waals surface area contributed by atoms with Crippen LogP contribution in [-0.2, 0) is 0 Å². The highest BCUT2D eigenvalue weighted by molar-refractivity contribution is 6.87. The molecular formula is C7H11FN2Si. The van der Waals surface area contributed by atoms with Gasteiger partial charge in [0.05, 0.1) is 12.4 Å². The monoisotopic (exact) mass is 170 g/mol. The van der Waals surface area contributed by atoms with Crippen molar-refractivity contribution in [2.45, 2.75) is 19.6 Å². The molecule has 1 aromatic heterocycles. The van der Waals surface area contributed by atoms with E-state index in [0.29, 0.717) is 0 Å². The van der Waals surface area contributed by atoms with E-state index >= 15 is 0 Å². The van der Waals surface area contributed by atoms with Gasteiger partial charge in [-0.3, -0.25) is 0 Å². The number of hydrogen-bond donors (Lipinski definition) is 0. The molecule has 0 spiro atoms. The third-order valence-electron chi connectivity index (χ3n) is 1.29. The summed E-state index contributed by atoms with van der Waals surface area (Å²) in [6.45, 7) is 6.38. The summed E-state index contributed by atoms with van der Waals surface area (Å²) in [6.07, 6.45) is 2.45. The summed E-state index contributed by atoms with van der Waals surface area (Å²) >= 11 is 0. The number of nitrogens with zero attached hydrogens (tertiary/aromatic N) is 2. The van der Waals surface area contributed by atoms with E-state index in [9.17, 15) is 4.39 Å². The Morgan fingerprint density at radius 3 is 2.00 bits per heavy atom. The lowest BCUT2D eigenvalue weighted by Crippen LogP contribution is -2.42. The second-order valence-corrected chi connectivity index (χ2v) is 8.42. The smallest absolute Gasteiger partial charge is 0.159 e. The van der Waals surface area contributed by atoms with Crippen molar-refractivity contribution in [3.05, 3.63) is 18.2 Å². The topological polar surface area (TPSA) is 25.8 Å². The minimum absolute atomic E-state index is 0.369. The summed E-state index contributed by atoms with van der Waals surface area (Å²) in [5.74, 6) is -0.369. The fourth-order valence-corrected chi connectivity index (χ4v) is 1.60. The van der Waals surface area contributed by atoms with Gasteiger partial charge >= 0.3 is 0 Å². The maximum Gasteiger partial charge on any atom is 0.159 e. The summed E-state index contributed by atoms with van der Waals surface area (Å²) < 4.78 is 12.4. The van der Waals surface area contributed by atoms with E-state index in [4.69, 9.17) is 0 Å². The Kier molecular flexibility index (Phi) is 2.04. The molecule has 0 radical (unpaired) electrons. The molecule has 0 saturated heterocycles. The van der Waals surface area contributed by atoms with Crippen LogP contribution in [0.1, 0.15) is 0 Å². The van der Waals surface area contributed by atoms with Gasteiger partial charge in [-0.15, -0.1) is 0 Å². The van der Waals surface area contributed by atoms with Crippen molar-refractivity contribution in [2.75, 3.05) is 0 Å². The summed E-state index contributed by atoms with van der Waals surface area (Å²) in [5.41, 5.74) is 0.805. The number of hydrogen-bond acceptors (Lipinski definition) is 2. The zero-order valence-corrected chi connectivity index (χ0v) is 7.93. The van der Waals surface area contributed by atoms with Crippen LogP contribution >= 0.6 is 0 Å². The number of rotatable bonds is 1. The molecule has 0 N–H and O–H groups in total. The fraction of sp³-hybridized carbons (Fsp3) is 0.429. The lowest BCUT2D eigenvalue weighted by atomic mass is 10.7. The first-order valence-corrected chi connectivity index (χ1v) is 6.98. The number of halogens is 1. The Morgan fingerprint density at radius 1 is 1.18 bits per heavy atom. The molecule has 0 bridgehead atoms. The fourth-order valence-electron chi connectivity index (χ4n) is 0.700. The second kappa shape index (κ2) is 2.69. The predicted molar refractivity (Wildman–Crippen MR) is 45.0 cm³/mol. The van der Waals surface area contributed by atoms with E-state index in [1.54, 1.807) is 0 Å². The van der Waals surface area contributed by atoms with Gasteiger partial charge in [0, 0.05) is 0 Å². The standard InChI is InChI=1S/C7H11FN2Si/c1-11(2,3)7-9-4-6(8)5-10-7/h4-5H,1-3H3. The molecule has 0 aliphatic heterocycles. The van der Waals surface area contributed by atoms with Crippen LogP contribution in [0.4, 0.5) is 4.39 Å². The largest absolute Gasteiger partial charge is 0.244 e. The first-order valence-electron chi connectivity index (χ1n) is 3.48. The van der Waals surface area contributed by atoms with Crippen LogP contribution in [-0.4, -0.2) is 18.0 Å². The molecule has 0 aliphatic carbocycles. The molecule has 0 aliphatic rings. The van der Waals surface area contributed by atoms with Crippen LogP contribution in [0.2, 0.25) is 19.6 Å². The van der Waals surface area contributed by atoms with Crippen LogP contribution in [0.5, 0.6) is 0 Å². The lowest BCUT2D eigenvalue weighted by Gasteiger charge is -2.12. The average molecular weight is 170 g/mol. The summed E-state index contributed by atoms with van der Waals surface area (Å²) in [6, 6.07) is 0. The van der Waals surface area contributed by atoms with Gasteiger partial charge in [-0.05, 0) is 0 Å². The van der Waals surface area contributed by atoms with Crippen molar-refractivity contribution in [3.8, 4) is 0 Å². The van der Waals surface area contributed by atoms with Gasteiger partial charge in [0.1, 0.15) is 13.5 Å². The maximum absolute atomic E-state index is 12.4. The lowest BCUT2D eigenvalue weighted by molar-refractivity contribution is 0.615. The molecule has 60 valence electrons. The Hall–Kier alpha value is -0.773. The molecule has 0 unspecified atom stereocenters. The quantitative estimate of drug-likeness (QED) is 0.591. The molecule has 4 heteroatoms. The van der Waals surface area contributed by atoms with E-state index < -0.39 is 8.07 Å². The zero-order valence-electron chi connectivity index (χ0n) is 6.93. The highest BCUT2D eigenvalue weighted by atomic mass is 28.3. The third kappa shape index (κ3) is 2.08. The van der Waals surface area contributed by atoms with E-state index in [2.05, 4.69) is 29.6 Å². The number of aromatic nitrogens is 2. The van der Waals surface area contributed by atoms with Crippen LogP contribution in [0, 0.1) is 5.82 Å². The van der Waals surface area contributed by atoms with Crippen molar-refractivity contribution < 1.29 is 4.39 Å². The Labute approximate surface area is 66.5 Å². The van der Waals surface area contributed by atoms with Gasteiger partial charge in [-0.1, -0.05) is 19.6 Å². The van der Waals surface area contributed by atoms with Crippen molar-refractivity contribution in [1.82, 2.24) is 9.97 Å². The van der Waals surface area contributed by atoms with Gasteiger partial charge in [0.2, 0.25) is 0 Å². The maximum atomic E-state index is 12.4. The molecule has 0 aromatic carbocycles. The van der Waals surface area contributed by atoms with Crippen LogP contribution in [0.25, 0.3) is 0 Å². The predicted octanol–water partition coefficient (Wildman–Crippen LogP) is 1.16. The van der Waals surface area contributed by atoms with Crippen molar-refractivity contribution in [1.29, 1.82) is 0 Å². The van der Waals surface area contributed by atoms with Crippen molar-refractivity contribution >= 4 is 13.5 Å². The zero-order chi connectivity index (χ0) is 8.48. The van der Waals surface area contributed by atoms with E-state index in [1.165, 1.54) is 12.4 Å². The Balaban J connectivity index is 2.99. The van der Waals surface area contributed by atoms with Crippen LogP contribution in [0.15, 0.2) is 12.4 Å². The minimum atomic E-state index is -1.45. The molecule has 1 heterocycles. The first kappa shape index (κ1) is 8.32. The molecule has 1 aromatic rings. The van der Waals surface area contributed by atoms with Crippen LogP contribution < -0.4 is 5.45 Å². The molecule has 0 amide bonds. The summed E-state index contributed by atoms with van der Waals surface area (Å²) in [7, 11) is -1.45. The SMILES string of the molecule is C[Si](C)(C)c1ncc(F)cn1. The summed E-state index contributed by atoms with van der Waals surface area (Å²) in [4.78, 5) is 7.85. The first-order chi connectivity index (χ1) is 5.00. The molecule has 0 atom stereocenters. The van der Waals surface area contributed by atoms with E-state index in [1.807, 2.05) is 0 Å². The molecule has 2 nitrogen and oxygen atoms in total. The van der Waals surface area contributed by atoms with Gasteiger partial charge in [-0.25, -0.2) is 14.4 Å². The third-order valence-corrected chi connectivity index (χ3v) is 2.89. The van der Waals surface area contributed by atoms with Crippen LogP contribution in [0.3, 0.4) is 0 Å². The van der Waals surface area contributed by atoms with Gasteiger partial charge in [0.25, 0.3) is 0 Å². The van der Waals surface area contributed by atoms with Crippen molar-refractivity contribution in [2.24, 2.45) is 0 Å². The minimum Gasteiger partial charge on any atom is -0.244 e. The molecule has 1 rings (SSSR count). The molecule has 0 saturated carbocycles. The van der Waals surface area contributed by atoms with E-state index in [0.717, 1.165) is 5.45 Å². The van der Waals surface area contributed by atoms with Gasteiger partial charge in [0.15, 0.2) is 5.82 Å². The summed E-state index contributed by atoms with van der Waals surface area (Å²) in [5, 5.41) is 0. The normalized spacial score (nSPS) is 11.6. The molecule has 0 fully saturated rings. The van der Waals surface area contributed by atoms with E-state index in [-0.39, 0.29) is 5.82 Å². The molecule has 11 heavy (non-hydrogen) atoms. The Morgan fingerprint density at radius 2 is 1.64 bits per heavy atom. The van der Waals surface area contributed by atoms with Gasteiger partial charge < -0.3 is 0 Å². The molecular weight excluding hydrogens is 159 g/mol. The van der Waals surface area contributed by atoms with Crippen molar-refractivity contribution in [3.63, 3.8) is 0 Å². The Bertz CT molecular complexity index is 240. The van der Waals surface area contributed by atoms with Gasteiger partial charge in [-0.2, -0.15) is 0 Å². The highest BCUT2D eigenvalue weighted by Gasteiger charge is 2.19. The average Bonchev–Trinajstić information content (AvgIpc) is 1.86.